The molecule has 0 radical (unpaired) electrons. The van der Waals surface area contributed by atoms with Gasteiger partial charge in [0.1, 0.15) is 5.75 Å². The van der Waals surface area contributed by atoms with Crippen molar-refractivity contribution >= 4 is 21.8 Å². The van der Waals surface area contributed by atoms with Crippen LogP contribution in [0, 0.1) is 11.3 Å². The van der Waals surface area contributed by atoms with E-state index in [9.17, 15) is 4.79 Å². The van der Waals surface area contributed by atoms with Gasteiger partial charge in [-0.25, -0.2) is 0 Å². The van der Waals surface area contributed by atoms with Crippen LogP contribution in [0.4, 0.5) is 0 Å². The van der Waals surface area contributed by atoms with Gasteiger partial charge in [0.25, 0.3) is 5.91 Å². The highest BCUT2D eigenvalue weighted by Crippen LogP contribution is 2.27. The topological polar surface area (TPSA) is 88.1 Å². The third kappa shape index (κ3) is 5.28. The first-order valence-corrected chi connectivity index (χ1v) is 6.65. The van der Waals surface area contributed by atoms with E-state index in [-0.39, 0.29) is 25.0 Å². The molecule has 0 aromatic heterocycles. The van der Waals surface area contributed by atoms with E-state index >= 15 is 0 Å². The maximum atomic E-state index is 11.5. The number of nitrogens with one attached hydrogen (secondary N) is 1. The number of carbonyl (C=O) groups excluding carboxylic acids is 1. The number of carbonyl (C=O) groups is 1. The van der Waals surface area contributed by atoms with Crippen LogP contribution in [-0.4, -0.2) is 19.1 Å². The van der Waals surface area contributed by atoms with Gasteiger partial charge in [-0.3, -0.25) is 4.79 Å². The van der Waals surface area contributed by atoms with Gasteiger partial charge in [-0.05, 0) is 25.1 Å². The van der Waals surface area contributed by atoms with Crippen molar-refractivity contribution in [1.29, 1.82) is 5.26 Å². The summed E-state index contributed by atoms with van der Waals surface area (Å²) in [6.45, 7) is 2.09. The molecule has 1 amide bonds. The Kier molecular flexibility index (Phi) is 6.33. The van der Waals surface area contributed by atoms with E-state index in [0.29, 0.717) is 12.3 Å². The molecule has 0 fully saturated rings. The molecule has 19 heavy (non-hydrogen) atoms. The Hall–Kier alpha value is -1.58. The lowest BCUT2D eigenvalue weighted by Crippen LogP contribution is -2.29. The molecular formula is C13H16BrN3O2. The molecule has 5 nitrogen and oxygen atoms in total. The molecule has 1 aromatic carbocycles. The van der Waals surface area contributed by atoms with E-state index in [1.165, 1.54) is 0 Å². The maximum absolute atomic E-state index is 11.5. The Morgan fingerprint density at radius 1 is 1.63 bits per heavy atom. The Bertz CT molecular complexity index is 483. The van der Waals surface area contributed by atoms with Crippen molar-refractivity contribution in [3.63, 3.8) is 0 Å². The fourth-order valence-electron chi connectivity index (χ4n) is 1.46. The van der Waals surface area contributed by atoms with Gasteiger partial charge < -0.3 is 15.8 Å². The second-order valence-corrected chi connectivity index (χ2v) is 4.93. The summed E-state index contributed by atoms with van der Waals surface area (Å²) in [6, 6.07) is 7.23. The van der Waals surface area contributed by atoms with Crippen molar-refractivity contribution in [2.45, 2.75) is 19.4 Å². The molecule has 0 saturated carbocycles. The minimum atomic E-state index is -0.256. The predicted octanol–water partition coefficient (Wildman–Crippen LogP) is 1.88. The highest BCUT2D eigenvalue weighted by Gasteiger charge is 2.10. The predicted molar refractivity (Wildman–Crippen MR) is 75.5 cm³/mol. The van der Waals surface area contributed by atoms with E-state index in [1.807, 2.05) is 25.1 Å². The molecule has 0 heterocycles. The molecule has 102 valence electrons. The summed E-state index contributed by atoms with van der Waals surface area (Å²) in [5.41, 5.74) is 6.68. The van der Waals surface area contributed by atoms with Crippen molar-refractivity contribution in [2.24, 2.45) is 5.73 Å². The van der Waals surface area contributed by atoms with E-state index in [2.05, 4.69) is 21.2 Å². The smallest absolute Gasteiger partial charge is 0.257 e. The fraction of sp³-hybridized carbons (Fsp3) is 0.385. The third-order valence-electron chi connectivity index (χ3n) is 2.38. The molecule has 1 atom stereocenters. The number of amides is 1. The van der Waals surface area contributed by atoms with Gasteiger partial charge >= 0.3 is 0 Å². The zero-order valence-electron chi connectivity index (χ0n) is 10.6. The molecule has 1 rings (SSSR count). The molecular weight excluding hydrogens is 310 g/mol. The number of nitrogens with two attached hydrogens (primary N) is 1. The number of nitrogens with zero attached hydrogens (tertiary/aromatic N) is 1. The lowest BCUT2D eigenvalue weighted by atomic mass is 10.1. The van der Waals surface area contributed by atoms with Crippen molar-refractivity contribution in [3.8, 4) is 11.8 Å². The van der Waals surface area contributed by atoms with Crippen LogP contribution in [0.1, 0.15) is 24.9 Å². The summed E-state index contributed by atoms with van der Waals surface area (Å²) in [5.74, 6) is 0.336. The number of nitriles is 1. The van der Waals surface area contributed by atoms with Crippen molar-refractivity contribution in [2.75, 3.05) is 13.2 Å². The van der Waals surface area contributed by atoms with Gasteiger partial charge in [0, 0.05) is 22.6 Å². The van der Waals surface area contributed by atoms with Gasteiger partial charge in [0.15, 0.2) is 6.61 Å². The molecule has 0 aliphatic rings. The van der Waals surface area contributed by atoms with E-state index in [0.717, 1.165) is 10.0 Å². The van der Waals surface area contributed by atoms with Gasteiger partial charge in [-0.1, -0.05) is 15.9 Å². The minimum absolute atomic E-state index is 0.0905. The molecule has 0 aliphatic carbocycles. The average Bonchev–Trinajstić information content (AvgIpc) is 2.37. The Balaban J connectivity index is 2.58. The first kappa shape index (κ1) is 15.5. The number of halogens is 1. The lowest BCUT2D eigenvalue weighted by Gasteiger charge is -2.14. The number of hydrogen-bond donors (Lipinski definition) is 2. The van der Waals surface area contributed by atoms with Crippen molar-refractivity contribution in [1.82, 2.24) is 5.32 Å². The van der Waals surface area contributed by atoms with Crippen LogP contribution in [0.25, 0.3) is 0 Å². The van der Waals surface area contributed by atoms with Crippen LogP contribution in [0.5, 0.6) is 5.75 Å². The first-order valence-electron chi connectivity index (χ1n) is 5.86. The molecule has 0 unspecified atom stereocenters. The third-order valence-corrected chi connectivity index (χ3v) is 2.87. The van der Waals surface area contributed by atoms with Crippen LogP contribution in [0.15, 0.2) is 22.7 Å². The van der Waals surface area contributed by atoms with Crippen LogP contribution >= 0.6 is 15.9 Å². The van der Waals surface area contributed by atoms with Crippen LogP contribution < -0.4 is 15.8 Å². The number of rotatable bonds is 6. The summed E-state index contributed by atoms with van der Waals surface area (Å²) in [6.07, 6.45) is 0.287. The normalized spacial score (nSPS) is 11.5. The van der Waals surface area contributed by atoms with Gasteiger partial charge in [0.2, 0.25) is 0 Å². The molecule has 6 heteroatoms. The summed E-state index contributed by atoms with van der Waals surface area (Å²) < 4.78 is 6.36. The minimum Gasteiger partial charge on any atom is -0.483 e. The van der Waals surface area contributed by atoms with Gasteiger partial charge in [-0.2, -0.15) is 5.26 Å². The van der Waals surface area contributed by atoms with E-state index in [1.54, 1.807) is 6.07 Å². The largest absolute Gasteiger partial charge is 0.483 e. The zero-order chi connectivity index (χ0) is 14.3. The second kappa shape index (κ2) is 7.77. The Labute approximate surface area is 120 Å². The number of benzene rings is 1. The summed E-state index contributed by atoms with van der Waals surface area (Å²) >= 11 is 3.37. The fourth-order valence-corrected chi connectivity index (χ4v) is 1.84. The zero-order valence-corrected chi connectivity index (χ0v) is 12.2. The van der Waals surface area contributed by atoms with Crippen LogP contribution in [-0.2, 0) is 4.79 Å². The van der Waals surface area contributed by atoms with Crippen molar-refractivity contribution in [3.05, 3.63) is 28.2 Å². The molecule has 0 saturated heterocycles. The maximum Gasteiger partial charge on any atom is 0.257 e. The van der Waals surface area contributed by atoms with Crippen LogP contribution in [0.2, 0.25) is 0 Å². The SMILES string of the molecule is C[C@@H](N)c1cc(Br)ccc1OCC(=O)NCCC#N. The quantitative estimate of drug-likeness (QED) is 0.781. The Morgan fingerprint density at radius 3 is 3.00 bits per heavy atom. The molecule has 0 aliphatic heterocycles. The summed E-state index contributed by atoms with van der Waals surface area (Å²) in [5, 5.41) is 10.9. The molecule has 1 aromatic rings. The number of hydrogen-bond acceptors (Lipinski definition) is 4. The van der Waals surface area contributed by atoms with E-state index in [4.69, 9.17) is 15.7 Å². The van der Waals surface area contributed by atoms with Gasteiger partial charge in [0.05, 0.1) is 12.5 Å². The van der Waals surface area contributed by atoms with E-state index < -0.39 is 0 Å². The average molecular weight is 326 g/mol. The Morgan fingerprint density at radius 2 is 2.37 bits per heavy atom. The van der Waals surface area contributed by atoms with Crippen LogP contribution in [0.3, 0.4) is 0 Å². The van der Waals surface area contributed by atoms with Gasteiger partial charge in [-0.15, -0.1) is 0 Å². The lowest BCUT2D eigenvalue weighted by molar-refractivity contribution is -0.123. The molecule has 0 bridgehead atoms. The second-order valence-electron chi connectivity index (χ2n) is 4.02. The molecule has 3 N–H and O–H groups in total. The summed E-state index contributed by atoms with van der Waals surface area (Å²) in [7, 11) is 0. The first-order chi connectivity index (χ1) is 9.04. The summed E-state index contributed by atoms with van der Waals surface area (Å²) in [4.78, 5) is 11.5. The highest BCUT2D eigenvalue weighted by atomic mass is 79.9. The monoisotopic (exact) mass is 325 g/mol. The highest BCUT2D eigenvalue weighted by molar-refractivity contribution is 9.10. The standard InChI is InChI=1S/C13H16BrN3O2/c1-9(16)11-7-10(14)3-4-12(11)19-8-13(18)17-6-2-5-15/h3-4,7,9H,2,6,8,16H2,1H3,(H,17,18)/t9-/m1/s1. The number of ether oxygens (including phenoxy) is 1. The van der Waals surface area contributed by atoms with Crippen molar-refractivity contribution < 1.29 is 9.53 Å². The molecule has 0 spiro atoms.